The van der Waals surface area contributed by atoms with Crippen molar-refractivity contribution in [3.63, 3.8) is 0 Å². The van der Waals surface area contributed by atoms with Crippen LogP contribution in [0.4, 0.5) is 0 Å². The summed E-state index contributed by atoms with van der Waals surface area (Å²) in [5.74, 6) is -1.40. The van der Waals surface area contributed by atoms with Gasteiger partial charge in [-0.05, 0) is 38.5 Å². The Labute approximate surface area is 205 Å². The summed E-state index contributed by atoms with van der Waals surface area (Å²) in [5.41, 5.74) is 0. The van der Waals surface area contributed by atoms with Crippen molar-refractivity contribution >= 4 is 17.8 Å². The number of rotatable bonds is 19. The molecule has 2 atom stereocenters. The molecule has 8 nitrogen and oxygen atoms in total. The molecule has 34 heavy (non-hydrogen) atoms. The molecule has 8 heteroatoms. The molecular formula is C26H47NO7. The van der Waals surface area contributed by atoms with E-state index in [9.17, 15) is 14.4 Å². The number of amides is 1. The third-order valence-electron chi connectivity index (χ3n) is 5.56. The zero-order valence-corrected chi connectivity index (χ0v) is 21.0. The fourth-order valence-corrected chi connectivity index (χ4v) is 3.47. The van der Waals surface area contributed by atoms with Crippen LogP contribution < -0.4 is 5.32 Å². The van der Waals surface area contributed by atoms with E-state index < -0.39 is 30.7 Å². The van der Waals surface area contributed by atoms with Crippen molar-refractivity contribution in [2.24, 2.45) is 0 Å². The molecule has 1 amide bonds. The van der Waals surface area contributed by atoms with Crippen molar-refractivity contribution in [2.75, 3.05) is 13.2 Å². The Morgan fingerprint density at radius 3 is 2.06 bits per heavy atom. The molecule has 1 fully saturated rings. The first-order chi connectivity index (χ1) is 16.4. The predicted molar refractivity (Wildman–Crippen MR) is 132 cm³/mol. The number of carbonyl (C=O) groups excluding carboxylic acids is 2. The molecule has 1 saturated heterocycles. The molecule has 0 aromatic heterocycles. The van der Waals surface area contributed by atoms with Gasteiger partial charge in [-0.25, -0.2) is 4.79 Å². The number of unbranched alkanes of at least 4 members (excludes halogenated alkanes) is 11. The van der Waals surface area contributed by atoms with Crippen LogP contribution in [0, 0.1) is 0 Å². The number of aliphatic hydroxyl groups is 2. The van der Waals surface area contributed by atoms with Crippen molar-refractivity contribution in [3.8, 4) is 0 Å². The van der Waals surface area contributed by atoms with Crippen LogP contribution in [0.15, 0.2) is 12.2 Å². The first-order valence-corrected chi connectivity index (χ1v) is 13.0. The molecule has 0 aliphatic carbocycles. The summed E-state index contributed by atoms with van der Waals surface area (Å²) >= 11 is 0. The summed E-state index contributed by atoms with van der Waals surface area (Å²) < 4.78 is 4.66. The lowest BCUT2D eigenvalue weighted by Gasteiger charge is -2.12. The Kier molecular flexibility index (Phi) is 21.5. The van der Waals surface area contributed by atoms with E-state index in [1.165, 1.54) is 70.6 Å². The van der Waals surface area contributed by atoms with Crippen LogP contribution in [-0.2, 0) is 19.1 Å². The number of nitrogens with one attached hydrogen (secondary N) is 1. The molecule has 0 saturated carbocycles. The second kappa shape index (κ2) is 22.8. The van der Waals surface area contributed by atoms with E-state index in [4.69, 9.17) is 15.3 Å². The highest BCUT2D eigenvalue weighted by Gasteiger charge is 2.28. The average molecular weight is 486 g/mol. The summed E-state index contributed by atoms with van der Waals surface area (Å²) in [6, 6.07) is -0.603. The maximum Gasteiger partial charge on any atom is 0.328 e. The third-order valence-corrected chi connectivity index (χ3v) is 5.56. The third kappa shape index (κ3) is 20.7. The van der Waals surface area contributed by atoms with E-state index in [1.54, 1.807) is 0 Å². The fourth-order valence-electron chi connectivity index (χ4n) is 3.47. The molecule has 0 bridgehead atoms. The molecular weight excluding hydrogens is 438 g/mol. The van der Waals surface area contributed by atoms with Gasteiger partial charge in [0.15, 0.2) is 0 Å². The number of aliphatic hydroxyl groups excluding tert-OH is 2. The lowest BCUT2D eigenvalue weighted by atomic mass is 10.1. The topological polar surface area (TPSA) is 133 Å². The zero-order chi connectivity index (χ0) is 25.4. The summed E-state index contributed by atoms with van der Waals surface area (Å²) in [7, 11) is 0. The number of allylic oxidation sites excluding steroid dienone is 2. The SMILES string of the molecule is CCCCCCCCC=CCCCCCCCC(=O)O.O=C1CCC(C(=O)OCC(O)CO)N1. The van der Waals surface area contributed by atoms with Crippen molar-refractivity contribution in [2.45, 2.75) is 122 Å². The number of hydrogen-bond acceptors (Lipinski definition) is 6. The average Bonchev–Trinajstić information content (AvgIpc) is 3.26. The van der Waals surface area contributed by atoms with Crippen LogP contribution in [0.5, 0.6) is 0 Å². The normalized spacial score (nSPS) is 16.1. The number of carboxylic acid groups (broad SMARTS) is 1. The fraction of sp³-hybridized carbons (Fsp3) is 0.808. The Morgan fingerprint density at radius 2 is 1.56 bits per heavy atom. The maximum absolute atomic E-state index is 11.2. The molecule has 4 N–H and O–H groups in total. The second-order valence-corrected chi connectivity index (χ2v) is 8.85. The van der Waals surface area contributed by atoms with E-state index in [2.05, 4.69) is 29.1 Å². The van der Waals surface area contributed by atoms with Gasteiger partial charge < -0.3 is 25.4 Å². The summed E-state index contributed by atoms with van der Waals surface area (Å²) in [4.78, 5) is 32.2. The molecule has 1 aliphatic rings. The lowest BCUT2D eigenvalue weighted by molar-refractivity contribution is -0.150. The van der Waals surface area contributed by atoms with Gasteiger partial charge in [-0.15, -0.1) is 0 Å². The van der Waals surface area contributed by atoms with Crippen LogP contribution in [0.25, 0.3) is 0 Å². The monoisotopic (exact) mass is 485 g/mol. The van der Waals surface area contributed by atoms with Crippen molar-refractivity contribution in [1.82, 2.24) is 5.32 Å². The van der Waals surface area contributed by atoms with Gasteiger partial charge in [-0.2, -0.15) is 0 Å². The van der Waals surface area contributed by atoms with Crippen LogP contribution in [-0.4, -0.2) is 58.5 Å². The number of esters is 1. The quantitative estimate of drug-likeness (QED) is 0.122. The van der Waals surface area contributed by atoms with E-state index in [-0.39, 0.29) is 12.5 Å². The van der Waals surface area contributed by atoms with Gasteiger partial charge in [0.25, 0.3) is 0 Å². The first-order valence-electron chi connectivity index (χ1n) is 13.0. The lowest BCUT2D eigenvalue weighted by Crippen LogP contribution is -2.36. The number of carbonyl (C=O) groups is 3. The number of ether oxygens (including phenoxy) is 1. The predicted octanol–water partition coefficient (Wildman–Crippen LogP) is 4.27. The Morgan fingerprint density at radius 1 is 1.00 bits per heavy atom. The van der Waals surface area contributed by atoms with Gasteiger partial charge in [0.05, 0.1) is 6.61 Å². The first kappa shape index (κ1) is 32.1. The Hall–Kier alpha value is -1.93. The number of carboxylic acids is 1. The number of hydrogen-bond donors (Lipinski definition) is 4. The molecule has 198 valence electrons. The highest BCUT2D eigenvalue weighted by molar-refractivity contribution is 5.88. The molecule has 1 heterocycles. The highest BCUT2D eigenvalue weighted by atomic mass is 16.5. The van der Waals surface area contributed by atoms with Crippen LogP contribution in [0.1, 0.15) is 110 Å². The van der Waals surface area contributed by atoms with E-state index in [0.717, 1.165) is 12.8 Å². The Bertz CT molecular complexity index is 565. The molecule has 0 aromatic carbocycles. The van der Waals surface area contributed by atoms with E-state index in [0.29, 0.717) is 19.3 Å². The molecule has 2 unspecified atom stereocenters. The van der Waals surface area contributed by atoms with Crippen molar-refractivity contribution in [1.29, 1.82) is 0 Å². The largest absolute Gasteiger partial charge is 0.481 e. The second-order valence-electron chi connectivity index (χ2n) is 8.85. The molecule has 0 spiro atoms. The summed E-state index contributed by atoms with van der Waals surface area (Å²) in [6.07, 6.45) is 20.9. The smallest absolute Gasteiger partial charge is 0.328 e. The highest BCUT2D eigenvalue weighted by Crippen LogP contribution is 2.10. The standard InChI is InChI=1S/C18H34O2.C8H13NO5/c1-2-3-4-5-6-7-8-9-10-11-12-13-14-15-16-17-18(19)20;10-3-5(11)4-14-8(13)6-1-2-7(12)9-6/h9-10H,2-8,11-17H2,1H3,(H,19,20);5-6,10-11H,1-4H2,(H,9,12). The minimum atomic E-state index is -1.06. The van der Waals surface area contributed by atoms with Crippen LogP contribution >= 0.6 is 0 Å². The van der Waals surface area contributed by atoms with E-state index >= 15 is 0 Å². The molecule has 0 aromatic rings. The van der Waals surface area contributed by atoms with Gasteiger partial charge in [-0.1, -0.05) is 70.4 Å². The van der Waals surface area contributed by atoms with Gasteiger partial charge in [-0.3, -0.25) is 9.59 Å². The van der Waals surface area contributed by atoms with Crippen LogP contribution in [0.2, 0.25) is 0 Å². The summed E-state index contributed by atoms with van der Waals surface area (Å²) in [6.45, 7) is 1.56. The molecule has 1 aliphatic heterocycles. The molecule has 0 radical (unpaired) electrons. The maximum atomic E-state index is 11.2. The van der Waals surface area contributed by atoms with Gasteiger partial charge in [0, 0.05) is 12.8 Å². The van der Waals surface area contributed by atoms with Gasteiger partial charge in [0.2, 0.25) is 5.91 Å². The van der Waals surface area contributed by atoms with E-state index in [1.807, 2.05) is 0 Å². The summed E-state index contributed by atoms with van der Waals surface area (Å²) in [5, 5.41) is 28.3. The minimum absolute atomic E-state index is 0.172. The van der Waals surface area contributed by atoms with Crippen molar-refractivity contribution in [3.05, 3.63) is 12.2 Å². The number of aliphatic carboxylic acids is 1. The minimum Gasteiger partial charge on any atom is -0.481 e. The zero-order valence-electron chi connectivity index (χ0n) is 21.0. The van der Waals surface area contributed by atoms with Gasteiger partial charge >= 0.3 is 11.9 Å². The Balaban J connectivity index is 0.000000679. The molecule has 1 rings (SSSR count). The van der Waals surface area contributed by atoms with Gasteiger partial charge in [0.1, 0.15) is 18.8 Å². The van der Waals surface area contributed by atoms with Crippen LogP contribution in [0.3, 0.4) is 0 Å². The van der Waals surface area contributed by atoms with Crippen molar-refractivity contribution < 1.29 is 34.4 Å².